The van der Waals surface area contributed by atoms with E-state index in [2.05, 4.69) is 24.1 Å². The molecule has 0 aromatic rings. The van der Waals surface area contributed by atoms with Crippen molar-refractivity contribution >= 4 is 0 Å². The molecule has 16 heavy (non-hydrogen) atoms. The first kappa shape index (κ1) is 12.4. The van der Waals surface area contributed by atoms with Crippen molar-refractivity contribution in [1.82, 2.24) is 10.2 Å². The molecule has 2 aliphatic rings. The van der Waals surface area contributed by atoms with E-state index in [1.165, 1.54) is 58.2 Å². The normalized spacial score (nSPS) is 39.0. The van der Waals surface area contributed by atoms with Crippen molar-refractivity contribution in [3.63, 3.8) is 0 Å². The second-order valence-electron chi connectivity index (χ2n) is 5.89. The van der Waals surface area contributed by atoms with Crippen LogP contribution in [0.4, 0.5) is 0 Å². The zero-order valence-electron chi connectivity index (χ0n) is 11.0. The smallest absolute Gasteiger partial charge is 0.0166 e. The number of nitrogens with zero attached hydrogens (tertiary/aromatic N) is 1. The number of hydrogen-bond donors (Lipinski definition) is 1. The third kappa shape index (κ3) is 3.21. The van der Waals surface area contributed by atoms with E-state index in [1.807, 2.05) is 0 Å². The van der Waals surface area contributed by atoms with Gasteiger partial charge in [-0.3, -0.25) is 4.90 Å². The monoisotopic (exact) mass is 224 g/mol. The van der Waals surface area contributed by atoms with Crippen LogP contribution in [0.5, 0.6) is 0 Å². The molecule has 0 aromatic carbocycles. The zero-order valence-corrected chi connectivity index (χ0v) is 11.0. The minimum absolute atomic E-state index is 0.679. The van der Waals surface area contributed by atoms with Crippen molar-refractivity contribution in [3.05, 3.63) is 0 Å². The molecule has 1 saturated heterocycles. The van der Waals surface area contributed by atoms with Gasteiger partial charge in [-0.05, 0) is 45.2 Å². The molecule has 0 spiro atoms. The first-order valence-electron chi connectivity index (χ1n) is 7.25. The van der Waals surface area contributed by atoms with Crippen molar-refractivity contribution in [2.75, 3.05) is 19.6 Å². The van der Waals surface area contributed by atoms with Gasteiger partial charge in [-0.2, -0.15) is 0 Å². The third-order valence-electron chi connectivity index (χ3n) is 4.41. The molecule has 0 aromatic heterocycles. The lowest BCUT2D eigenvalue weighted by molar-refractivity contribution is 0.140. The summed E-state index contributed by atoms with van der Waals surface area (Å²) in [6.45, 7) is 8.58. The summed E-state index contributed by atoms with van der Waals surface area (Å²) in [7, 11) is 0. The third-order valence-corrected chi connectivity index (χ3v) is 4.41. The molecule has 1 aliphatic carbocycles. The lowest BCUT2D eigenvalue weighted by Gasteiger charge is -2.35. The van der Waals surface area contributed by atoms with Gasteiger partial charge in [0.1, 0.15) is 0 Å². The summed E-state index contributed by atoms with van der Waals surface area (Å²) in [6, 6.07) is 1.54. The molecule has 1 heterocycles. The van der Waals surface area contributed by atoms with Crippen LogP contribution in [0.25, 0.3) is 0 Å². The van der Waals surface area contributed by atoms with Crippen LogP contribution >= 0.6 is 0 Å². The van der Waals surface area contributed by atoms with Crippen molar-refractivity contribution in [2.45, 2.75) is 64.5 Å². The molecule has 3 unspecified atom stereocenters. The Labute approximate surface area is 101 Å². The van der Waals surface area contributed by atoms with Crippen LogP contribution < -0.4 is 5.32 Å². The van der Waals surface area contributed by atoms with Crippen molar-refractivity contribution in [2.24, 2.45) is 5.92 Å². The predicted octanol–water partition coefficient (Wildman–Crippen LogP) is 2.64. The highest BCUT2D eigenvalue weighted by Gasteiger charge is 2.27. The maximum atomic E-state index is 3.60. The fraction of sp³-hybridized carbons (Fsp3) is 1.00. The Morgan fingerprint density at radius 3 is 2.69 bits per heavy atom. The van der Waals surface area contributed by atoms with Gasteiger partial charge in [0.15, 0.2) is 0 Å². The van der Waals surface area contributed by atoms with Gasteiger partial charge < -0.3 is 5.32 Å². The molecule has 2 fully saturated rings. The van der Waals surface area contributed by atoms with Crippen LogP contribution in [-0.2, 0) is 0 Å². The molecular formula is C14H28N2. The SMILES string of the molecule is CC1CN(C2CCCCCC2C)CCCN1. The largest absolute Gasteiger partial charge is 0.313 e. The van der Waals surface area contributed by atoms with Gasteiger partial charge in [-0.15, -0.1) is 0 Å². The van der Waals surface area contributed by atoms with E-state index in [9.17, 15) is 0 Å². The molecule has 1 N–H and O–H groups in total. The minimum Gasteiger partial charge on any atom is -0.313 e. The molecule has 2 heteroatoms. The Bertz CT molecular complexity index is 205. The average Bonchev–Trinajstić information content (AvgIpc) is 2.58. The maximum absolute atomic E-state index is 3.60. The molecule has 1 aliphatic heterocycles. The Morgan fingerprint density at radius 2 is 1.81 bits per heavy atom. The fourth-order valence-electron chi connectivity index (χ4n) is 3.46. The molecule has 3 atom stereocenters. The number of hydrogen-bond acceptors (Lipinski definition) is 2. The summed E-state index contributed by atoms with van der Waals surface area (Å²) in [4.78, 5) is 2.78. The molecule has 94 valence electrons. The van der Waals surface area contributed by atoms with Crippen LogP contribution in [0.1, 0.15) is 52.4 Å². The standard InChI is InChI=1S/C14H28N2/c1-12-7-4-3-5-8-14(12)16-10-6-9-15-13(2)11-16/h12-15H,3-11H2,1-2H3. The predicted molar refractivity (Wildman–Crippen MR) is 69.7 cm³/mol. The first-order valence-corrected chi connectivity index (χ1v) is 7.25. The topological polar surface area (TPSA) is 15.3 Å². The summed E-state index contributed by atoms with van der Waals surface area (Å²) in [5, 5.41) is 3.60. The number of rotatable bonds is 1. The first-order chi connectivity index (χ1) is 7.77. The Hall–Kier alpha value is -0.0800. The molecule has 1 saturated carbocycles. The fourth-order valence-corrected chi connectivity index (χ4v) is 3.46. The molecule has 0 bridgehead atoms. The summed E-state index contributed by atoms with van der Waals surface area (Å²) < 4.78 is 0. The van der Waals surface area contributed by atoms with Gasteiger partial charge in [0, 0.05) is 18.6 Å². The van der Waals surface area contributed by atoms with Gasteiger partial charge in [0.2, 0.25) is 0 Å². The van der Waals surface area contributed by atoms with Gasteiger partial charge in [-0.1, -0.05) is 26.2 Å². The Morgan fingerprint density at radius 1 is 1.00 bits per heavy atom. The van der Waals surface area contributed by atoms with E-state index >= 15 is 0 Å². The van der Waals surface area contributed by atoms with E-state index in [0.29, 0.717) is 6.04 Å². The van der Waals surface area contributed by atoms with Crippen molar-refractivity contribution in [1.29, 1.82) is 0 Å². The van der Waals surface area contributed by atoms with E-state index in [1.54, 1.807) is 0 Å². The van der Waals surface area contributed by atoms with Crippen LogP contribution in [0.3, 0.4) is 0 Å². The lowest BCUT2D eigenvalue weighted by atomic mass is 9.95. The van der Waals surface area contributed by atoms with Crippen LogP contribution in [0, 0.1) is 5.92 Å². The highest BCUT2D eigenvalue weighted by Crippen LogP contribution is 2.27. The summed E-state index contributed by atoms with van der Waals surface area (Å²) >= 11 is 0. The van der Waals surface area contributed by atoms with Crippen molar-refractivity contribution < 1.29 is 0 Å². The lowest BCUT2D eigenvalue weighted by Crippen LogP contribution is -2.44. The summed E-state index contributed by atoms with van der Waals surface area (Å²) in [6.07, 6.45) is 8.58. The van der Waals surface area contributed by atoms with E-state index < -0.39 is 0 Å². The van der Waals surface area contributed by atoms with E-state index in [-0.39, 0.29) is 0 Å². The van der Waals surface area contributed by atoms with Crippen LogP contribution in [0.15, 0.2) is 0 Å². The quantitative estimate of drug-likeness (QED) is 0.689. The zero-order chi connectivity index (χ0) is 11.4. The molecule has 2 rings (SSSR count). The molecule has 2 nitrogen and oxygen atoms in total. The van der Waals surface area contributed by atoms with Gasteiger partial charge in [0.05, 0.1) is 0 Å². The average molecular weight is 224 g/mol. The number of nitrogens with one attached hydrogen (secondary N) is 1. The second-order valence-corrected chi connectivity index (χ2v) is 5.89. The van der Waals surface area contributed by atoms with E-state index in [0.717, 1.165) is 12.0 Å². The Balaban J connectivity index is 1.96. The minimum atomic E-state index is 0.679. The van der Waals surface area contributed by atoms with Gasteiger partial charge >= 0.3 is 0 Å². The highest BCUT2D eigenvalue weighted by molar-refractivity contribution is 4.83. The van der Waals surface area contributed by atoms with Crippen LogP contribution in [0.2, 0.25) is 0 Å². The molecular weight excluding hydrogens is 196 g/mol. The van der Waals surface area contributed by atoms with E-state index in [4.69, 9.17) is 0 Å². The maximum Gasteiger partial charge on any atom is 0.0166 e. The van der Waals surface area contributed by atoms with Crippen LogP contribution in [-0.4, -0.2) is 36.6 Å². The molecule has 0 radical (unpaired) electrons. The second kappa shape index (κ2) is 6.02. The highest BCUT2D eigenvalue weighted by atomic mass is 15.2. The van der Waals surface area contributed by atoms with Crippen molar-refractivity contribution in [3.8, 4) is 0 Å². The molecule has 0 amide bonds. The summed E-state index contributed by atoms with van der Waals surface area (Å²) in [5.41, 5.74) is 0. The van der Waals surface area contributed by atoms with Gasteiger partial charge in [0.25, 0.3) is 0 Å². The van der Waals surface area contributed by atoms with Gasteiger partial charge in [-0.25, -0.2) is 0 Å². The summed E-state index contributed by atoms with van der Waals surface area (Å²) in [5.74, 6) is 0.910. The Kier molecular flexibility index (Phi) is 4.66.